The van der Waals surface area contributed by atoms with Crippen molar-refractivity contribution in [1.82, 2.24) is 10.3 Å². The summed E-state index contributed by atoms with van der Waals surface area (Å²) >= 11 is 0. The average molecular weight is 356 g/mol. The van der Waals surface area contributed by atoms with Crippen LogP contribution in [0.3, 0.4) is 0 Å². The third-order valence-electron chi connectivity index (χ3n) is 3.86. The summed E-state index contributed by atoms with van der Waals surface area (Å²) < 4.78 is 0. The van der Waals surface area contributed by atoms with Crippen molar-refractivity contribution >= 4 is 17.6 Å². The fourth-order valence-corrected chi connectivity index (χ4v) is 2.50. The van der Waals surface area contributed by atoms with Gasteiger partial charge in [-0.2, -0.15) is 5.26 Å². The van der Waals surface area contributed by atoms with Crippen LogP contribution in [0, 0.1) is 11.3 Å². The number of anilines is 1. The summed E-state index contributed by atoms with van der Waals surface area (Å²) in [4.78, 5) is 29.1. The maximum Gasteiger partial charge on any atom is 0.256 e. The van der Waals surface area contributed by atoms with E-state index in [0.717, 1.165) is 0 Å². The molecule has 0 aliphatic carbocycles. The molecule has 1 unspecified atom stereocenters. The molecule has 0 fully saturated rings. The maximum absolute atomic E-state index is 12.7. The van der Waals surface area contributed by atoms with Crippen LogP contribution in [-0.2, 0) is 0 Å². The third kappa shape index (κ3) is 4.35. The topological polar surface area (TPSA) is 94.9 Å². The Balaban J connectivity index is 1.80. The van der Waals surface area contributed by atoms with Gasteiger partial charge < -0.3 is 10.6 Å². The minimum Gasteiger partial charge on any atom is -0.332 e. The second-order valence-corrected chi connectivity index (χ2v) is 5.67. The van der Waals surface area contributed by atoms with E-state index < -0.39 is 11.9 Å². The molecular formula is C21H16N4O2. The predicted octanol–water partition coefficient (Wildman–Crippen LogP) is 3.33. The average Bonchev–Trinajstić information content (AvgIpc) is 2.73. The Morgan fingerprint density at radius 2 is 1.56 bits per heavy atom. The summed E-state index contributed by atoms with van der Waals surface area (Å²) in [5.41, 5.74) is 1.30. The van der Waals surface area contributed by atoms with Gasteiger partial charge in [-0.3, -0.25) is 9.59 Å². The molecule has 2 N–H and O–H groups in total. The van der Waals surface area contributed by atoms with Crippen LogP contribution < -0.4 is 10.6 Å². The van der Waals surface area contributed by atoms with Crippen molar-refractivity contribution in [3.63, 3.8) is 0 Å². The van der Waals surface area contributed by atoms with E-state index in [1.807, 2.05) is 12.1 Å². The number of carbonyl (C=O) groups excluding carboxylic acids is 2. The first kappa shape index (κ1) is 17.8. The molecule has 3 rings (SSSR count). The number of benzene rings is 2. The molecule has 0 spiro atoms. The Labute approximate surface area is 156 Å². The Hall–Kier alpha value is -3.98. The first-order valence-electron chi connectivity index (χ1n) is 8.26. The number of pyridine rings is 1. The van der Waals surface area contributed by atoms with Gasteiger partial charge in [0.15, 0.2) is 0 Å². The van der Waals surface area contributed by atoms with E-state index in [4.69, 9.17) is 0 Å². The molecule has 0 aliphatic rings. The number of carbonyl (C=O) groups is 2. The second-order valence-electron chi connectivity index (χ2n) is 5.67. The number of rotatable bonds is 5. The molecule has 0 bridgehead atoms. The summed E-state index contributed by atoms with van der Waals surface area (Å²) in [6.45, 7) is 0. The van der Waals surface area contributed by atoms with Crippen molar-refractivity contribution in [1.29, 1.82) is 5.26 Å². The van der Waals surface area contributed by atoms with Gasteiger partial charge >= 0.3 is 0 Å². The van der Waals surface area contributed by atoms with Crippen LogP contribution in [0.25, 0.3) is 0 Å². The molecule has 3 aromatic rings. The molecule has 132 valence electrons. The van der Waals surface area contributed by atoms with E-state index in [1.165, 1.54) is 6.20 Å². The fraction of sp³-hybridized carbons (Fsp3) is 0.0476. The Morgan fingerprint density at radius 3 is 2.22 bits per heavy atom. The lowest BCUT2D eigenvalue weighted by Gasteiger charge is -2.14. The molecule has 1 heterocycles. The molecule has 1 atom stereocenters. The smallest absolute Gasteiger partial charge is 0.256 e. The minimum atomic E-state index is -0.809. The summed E-state index contributed by atoms with van der Waals surface area (Å²) in [5, 5.41) is 14.7. The highest BCUT2D eigenvalue weighted by Crippen LogP contribution is 2.16. The summed E-state index contributed by atoms with van der Waals surface area (Å²) in [5.74, 6) is -0.737. The highest BCUT2D eigenvalue weighted by molar-refractivity contribution is 6.08. The number of aromatic nitrogens is 1. The molecule has 2 aromatic carbocycles. The van der Waals surface area contributed by atoms with Gasteiger partial charge in [0, 0.05) is 11.8 Å². The largest absolute Gasteiger partial charge is 0.332 e. The normalized spacial score (nSPS) is 11.1. The van der Waals surface area contributed by atoms with Gasteiger partial charge in [0.1, 0.15) is 11.9 Å². The van der Waals surface area contributed by atoms with E-state index in [1.54, 1.807) is 60.7 Å². The van der Waals surface area contributed by atoms with Gasteiger partial charge in [-0.15, -0.1) is 0 Å². The summed E-state index contributed by atoms with van der Waals surface area (Å²) in [6, 6.07) is 22.0. The summed E-state index contributed by atoms with van der Waals surface area (Å²) in [6.07, 6.45) is 1.48. The van der Waals surface area contributed by atoms with Crippen molar-refractivity contribution in [3.05, 3.63) is 95.7 Å². The molecule has 1 aromatic heterocycles. The van der Waals surface area contributed by atoms with Crippen molar-refractivity contribution in [2.24, 2.45) is 0 Å². The van der Waals surface area contributed by atoms with Crippen molar-refractivity contribution < 1.29 is 9.59 Å². The number of amides is 2. The number of hydrogen-bond acceptors (Lipinski definition) is 4. The Morgan fingerprint density at radius 1 is 0.889 bits per heavy atom. The molecule has 0 saturated heterocycles. The highest BCUT2D eigenvalue weighted by Gasteiger charge is 2.19. The predicted molar refractivity (Wildman–Crippen MR) is 101 cm³/mol. The van der Waals surface area contributed by atoms with Crippen LogP contribution in [0.2, 0.25) is 0 Å². The molecule has 6 heteroatoms. The quantitative estimate of drug-likeness (QED) is 0.733. The second kappa shape index (κ2) is 8.41. The number of nitriles is 1. The van der Waals surface area contributed by atoms with Crippen molar-refractivity contribution in [3.8, 4) is 6.07 Å². The fourth-order valence-electron chi connectivity index (χ4n) is 2.50. The van der Waals surface area contributed by atoms with Crippen LogP contribution in [-0.4, -0.2) is 16.8 Å². The third-order valence-corrected chi connectivity index (χ3v) is 3.86. The number of hydrogen-bond donors (Lipinski definition) is 2. The molecule has 0 aliphatic heterocycles. The molecule has 6 nitrogen and oxygen atoms in total. The van der Waals surface area contributed by atoms with Crippen molar-refractivity contribution in [2.75, 3.05) is 5.32 Å². The Kier molecular flexibility index (Phi) is 5.55. The number of nitrogens with zero attached hydrogens (tertiary/aromatic N) is 2. The SMILES string of the molecule is N#CC(NC(=O)c1cccnc1NC(=O)c1ccccc1)c1ccccc1. The Bertz CT molecular complexity index is 982. The molecule has 2 amide bonds. The van der Waals surface area contributed by atoms with Gasteiger partial charge in [-0.05, 0) is 29.8 Å². The number of nitrogens with one attached hydrogen (secondary N) is 2. The van der Waals surface area contributed by atoms with Gasteiger partial charge in [0.2, 0.25) is 0 Å². The highest BCUT2D eigenvalue weighted by atomic mass is 16.2. The van der Waals surface area contributed by atoms with Gasteiger partial charge in [-0.25, -0.2) is 4.98 Å². The van der Waals surface area contributed by atoms with E-state index in [9.17, 15) is 14.9 Å². The lowest BCUT2D eigenvalue weighted by molar-refractivity contribution is 0.0945. The van der Waals surface area contributed by atoms with Crippen LogP contribution in [0.5, 0.6) is 0 Å². The zero-order valence-electron chi connectivity index (χ0n) is 14.3. The van der Waals surface area contributed by atoms with E-state index in [-0.39, 0.29) is 17.3 Å². The zero-order valence-corrected chi connectivity index (χ0v) is 14.3. The first-order chi connectivity index (χ1) is 13.2. The summed E-state index contributed by atoms with van der Waals surface area (Å²) in [7, 11) is 0. The monoisotopic (exact) mass is 356 g/mol. The van der Waals surface area contributed by atoms with Gasteiger partial charge in [0.25, 0.3) is 11.8 Å². The minimum absolute atomic E-state index is 0.133. The standard InChI is InChI=1S/C21H16N4O2/c22-14-18(15-8-3-1-4-9-15)24-21(27)17-12-7-13-23-19(17)25-20(26)16-10-5-2-6-11-16/h1-13,18H,(H,24,27)(H,23,25,26). The molecular weight excluding hydrogens is 340 g/mol. The zero-order chi connectivity index (χ0) is 19.1. The van der Waals surface area contributed by atoms with Gasteiger partial charge in [-0.1, -0.05) is 48.5 Å². The van der Waals surface area contributed by atoms with E-state index >= 15 is 0 Å². The van der Waals surface area contributed by atoms with Crippen LogP contribution in [0.4, 0.5) is 5.82 Å². The maximum atomic E-state index is 12.7. The van der Waals surface area contributed by atoms with E-state index in [2.05, 4.69) is 21.7 Å². The molecule has 27 heavy (non-hydrogen) atoms. The van der Waals surface area contributed by atoms with Crippen molar-refractivity contribution in [2.45, 2.75) is 6.04 Å². The van der Waals surface area contributed by atoms with Crippen LogP contribution in [0.15, 0.2) is 79.0 Å². The molecule has 0 saturated carbocycles. The van der Waals surface area contributed by atoms with Gasteiger partial charge in [0.05, 0.1) is 11.6 Å². The van der Waals surface area contributed by atoms with Crippen LogP contribution >= 0.6 is 0 Å². The lowest BCUT2D eigenvalue weighted by atomic mass is 10.1. The lowest BCUT2D eigenvalue weighted by Crippen LogP contribution is -2.29. The first-order valence-corrected chi connectivity index (χ1v) is 8.26. The van der Waals surface area contributed by atoms with Crippen LogP contribution in [0.1, 0.15) is 32.3 Å². The van der Waals surface area contributed by atoms with E-state index in [0.29, 0.717) is 11.1 Å². The molecule has 0 radical (unpaired) electrons.